The van der Waals surface area contributed by atoms with Crippen LogP contribution in [0.15, 0.2) is 46.1 Å². The summed E-state index contributed by atoms with van der Waals surface area (Å²) >= 11 is -2.84. The van der Waals surface area contributed by atoms with Crippen LogP contribution in [0.1, 0.15) is 53.4 Å². The van der Waals surface area contributed by atoms with E-state index in [1.807, 2.05) is 0 Å². The van der Waals surface area contributed by atoms with Gasteiger partial charge in [0.25, 0.3) is 0 Å². The second-order valence-corrected chi connectivity index (χ2v) is 23.3. The molecule has 0 aromatic rings. The van der Waals surface area contributed by atoms with Crippen LogP contribution in [-0.2, 0) is 19.1 Å². The molecule has 0 N–H and O–H groups in total. The Bertz CT molecular complexity index is 761. The maximum absolute atomic E-state index is 6.99. The minimum absolute atomic E-state index is 0.0855. The Balaban J connectivity index is 2.33. The number of allylic oxidation sites excluding steroid dienone is 8. The van der Waals surface area contributed by atoms with Crippen molar-refractivity contribution in [3.63, 3.8) is 0 Å². The second kappa shape index (κ2) is 7.15. The molecule has 3 aliphatic carbocycles. The van der Waals surface area contributed by atoms with E-state index in [-0.39, 0.29) is 8.59 Å². The van der Waals surface area contributed by atoms with Gasteiger partial charge in [-0.05, 0) is 0 Å². The molecule has 3 aliphatic rings. The first-order valence-corrected chi connectivity index (χ1v) is 22.5. The standard InChI is InChI=1S/C21H29Si.2ClH.Hf/c1-14-15(2)20-17(19(14)16-10-7-8-11-16)12-9-13-18(22(5)6)21(20,3)4;;;/h7-8,10H,9,11-13H2,1-6H3;2*1H;/q;;;+2/p-2. The van der Waals surface area contributed by atoms with Crippen molar-refractivity contribution in [3.8, 4) is 0 Å². The van der Waals surface area contributed by atoms with Crippen molar-refractivity contribution in [2.24, 2.45) is 5.41 Å². The first kappa shape index (κ1) is 20.2. The minimum atomic E-state index is -2.84. The van der Waals surface area contributed by atoms with Crippen LogP contribution in [0.25, 0.3) is 0 Å². The summed E-state index contributed by atoms with van der Waals surface area (Å²) in [6, 6.07) is 0. The average Bonchev–Trinajstić information content (AvgIpc) is 3.07. The van der Waals surface area contributed by atoms with Gasteiger partial charge in [0.2, 0.25) is 0 Å². The van der Waals surface area contributed by atoms with Crippen molar-refractivity contribution in [1.29, 1.82) is 0 Å². The van der Waals surface area contributed by atoms with Crippen LogP contribution in [0.3, 0.4) is 0 Å². The molecule has 25 heavy (non-hydrogen) atoms. The quantitative estimate of drug-likeness (QED) is 0.312. The van der Waals surface area contributed by atoms with E-state index in [0.29, 0.717) is 0 Å². The van der Waals surface area contributed by atoms with E-state index < -0.39 is 27.5 Å². The summed E-state index contributed by atoms with van der Waals surface area (Å²) in [5.41, 5.74) is 7.78. The molecule has 0 heterocycles. The molecular formula is C21H29Cl2HfSi. The van der Waals surface area contributed by atoms with Gasteiger partial charge in [0, 0.05) is 0 Å². The van der Waals surface area contributed by atoms with Crippen molar-refractivity contribution in [1.82, 2.24) is 0 Å². The van der Waals surface area contributed by atoms with Gasteiger partial charge in [-0.15, -0.1) is 0 Å². The molecule has 0 aromatic carbocycles. The molecule has 0 radical (unpaired) electrons. The van der Waals surface area contributed by atoms with Gasteiger partial charge < -0.3 is 0 Å². The van der Waals surface area contributed by atoms with Gasteiger partial charge in [0.1, 0.15) is 0 Å². The van der Waals surface area contributed by atoms with Crippen molar-refractivity contribution >= 4 is 30.7 Å². The number of rotatable bonds is 2. The Morgan fingerprint density at radius 3 is 2.32 bits per heavy atom. The summed E-state index contributed by atoms with van der Waals surface area (Å²) in [6.07, 6.45) is 11.5. The van der Waals surface area contributed by atoms with E-state index in [2.05, 4.69) is 59.0 Å². The van der Waals surface area contributed by atoms with E-state index in [1.165, 1.54) is 29.6 Å². The van der Waals surface area contributed by atoms with Crippen LogP contribution >= 0.6 is 17.2 Å². The van der Waals surface area contributed by atoms with E-state index in [9.17, 15) is 0 Å². The third-order valence-corrected chi connectivity index (χ3v) is 19.0. The predicted molar refractivity (Wildman–Crippen MR) is 112 cm³/mol. The molecule has 135 valence electrons. The fourth-order valence-corrected chi connectivity index (χ4v) is 18.8. The van der Waals surface area contributed by atoms with Crippen LogP contribution in [0.4, 0.5) is 0 Å². The van der Waals surface area contributed by atoms with E-state index in [0.717, 1.165) is 12.8 Å². The Labute approximate surface area is 170 Å². The summed E-state index contributed by atoms with van der Waals surface area (Å²) in [5, 5.41) is 1.79. The van der Waals surface area contributed by atoms with Gasteiger partial charge >= 0.3 is 171 Å². The normalized spacial score (nSPS) is 28.3. The maximum atomic E-state index is 6.99. The molecule has 0 spiro atoms. The summed E-state index contributed by atoms with van der Waals surface area (Å²) < 4.78 is -0.0855. The predicted octanol–water partition coefficient (Wildman–Crippen LogP) is 7.32. The SMILES string of the molecule is CC1=C(C)[C](C2=CC=CC2)([Hf]([Cl])[Cl])C2=C1C(C)(C)C(=[Si](C)C)CCC2. The van der Waals surface area contributed by atoms with Gasteiger partial charge in [0.05, 0.1) is 0 Å². The van der Waals surface area contributed by atoms with Crippen molar-refractivity contribution < 1.29 is 19.1 Å². The summed E-state index contributed by atoms with van der Waals surface area (Å²) in [7, 11) is 13.5. The molecule has 0 fully saturated rings. The fourth-order valence-electron chi connectivity index (χ4n) is 5.58. The average molecular weight is 559 g/mol. The van der Waals surface area contributed by atoms with E-state index in [4.69, 9.17) is 17.2 Å². The first-order chi connectivity index (χ1) is 11.7. The monoisotopic (exact) mass is 559 g/mol. The first-order valence-electron chi connectivity index (χ1n) is 9.30. The molecular weight excluding hydrogens is 530 g/mol. The van der Waals surface area contributed by atoms with E-state index >= 15 is 0 Å². The van der Waals surface area contributed by atoms with Crippen molar-refractivity contribution in [2.45, 2.75) is 69.6 Å². The second-order valence-electron chi connectivity index (χ2n) is 8.40. The molecule has 3 rings (SSSR count). The van der Waals surface area contributed by atoms with Crippen LogP contribution in [0.5, 0.6) is 0 Å². The zero-order valence-electron chi connectivity index (χ0n) is 16.3. The van der Waals surface area contributed by atoms with Crippen LogP contribution < -0.4 is 0 Å². The molecule has 0 nitrogen and oxygen atoms in total. The Morgan fingerprint density at radius 1 is 1.12 bits per heavy atom. The number of hydrogen-bond donors (Lipinski definition) is 0. The summed E-state index contributed by atoms with van der Waals surface area (Å²) in [5.74, 6) is 0. The van der Waals surface area contributed by atoms with Gasteiger partial charge in [0.15, 0.2) is 0 Å². The van der Waals surface area contributed by atoms with Crippen LogP contribution in [-0.4, -0.2) is 13.6 Å². The fraction of sp³-hybridized carbons (Fsp3) is 0.571. The molecule has 0 saturated heterocycles. The molecule has 4 heteroatoms. The number of hydrogen-bond acceptors (Lipinski definition) is 0. The zero-order chi connectivity index (χ0) is 18.6. The number of halogens is 2. The van der Waals surface area contributed by atoms with Crippen LogP contribution in [0.2, 0.25) is 16.3 Å². The molecule has 0 aromatic heterocycles. The third-order valence-electron chi connectivity index (χ3n) is 6.63. The molecule has 0 amide bonds. The molecule has 0 bridgehead atoms. The topological polar surface area (TPSA) is 0 Å². The Hall–Kier alpha value is 0.497. The summed E-state index contributed by atoms with van der Waals surface area (Å²) in [6.45, 7) is 14.5. The zero-order valence-corrected chi connectivity index (χ0v) is 22.4. The van der Waals surface area contributed by atoms with Crippen LogP contribution in [0, 0.1) is 5.41 Å². The van der Waals surface area contributed by atoms with Gasteiger partial charge in [-0.2, -0.15) is 0 Å². The van der Waals surface area contributed by atoms with E-state index in [1.54, 1.807) is 16.3 Å². The third kappa shape index (κ3) is 2.89. The summed E-state index contributed by atoms with van der Waals surface area (Å²) in [4.78, 5) is 0. The Morgan fingerprint density at radius 2 is 1.80 bits per heavy atom. The molecule has 1 unspecified atom stereocenters. The molecule has 1 atom stereocenters. The van der Waals surface area contributed by atoms with Gasteiger partial charge in [-0.1, -0.05) is 0 Å². The van der Waals surface area contributed by atoms with Gasteiger partial charge in [-0.3, -0.25) is 0 Å². The Kier molecular flexibility index (Phi) is 5.79. The van der Waals surface area contributed by atoms with Crippen molar-refractivity contribution in [2.75, 3.05) is 0 Å². The van der Waals surface area contributed by atoms with Gasteiger partial charge in [-0.25, -0.2) is 0 Å². The molecule has 0 saturated carbocycles. The molecule has 0 aliphatic heterocycles. The van der Waals surface area contributed by atoms with Crippen molar-refractivity contribution in [3.05, 3.63) is 46.1 Å².